The van der Waals surface area contributed by atoms with Gasteiger partial charge in [-0.25, -0.2) is 13.8 Å². The van der Waals surface area contributed by atoms with Crippen molar-refractivity contribution in [2.75, 3.05) is 0 Å². The first-order chi connectivity index (χ1) is 15.4. The van der Waals surface area contributed by atoms with Crippen LogP contribution in [-0.2, 0) is 6.61 Å². The van der Waals surface area contributed by atoms with E-state index in [1.165, 1.54) is 6.07 Å². The van der Waals surface area contributed by atoms with Crippen LogP contribution in [0.5, 0.6) is 11.6 Å². The lowest BCUT2D eigenvalue weighted by Crippen LogP contribution is -2.00. The Balaban J connectivity index is 1.91. The summed E-state index contributed by atoms with van der Waals surface area (Å²) in [4.78, 5) is 4.59. The topological polar surface area (TPSA) is 42.4 Å². The van der Waals surface area contributed by atoms with Crippen LogP contribution in [0.1, 0.15) is 5.56 Å². The standard InChI is InChI=1S/C24H14Cl3F2NO2/c25-15-3-1-13(2-4-15)19-9-14(12-31)24(32-17-6-8-21(28)22(29)11-17)30-23(19)18-7-5-16(26)10-20(18)27/h1-11,31H,12H2. The molecule has 0 saturated heterocycles. The first-order valence-electron chi connectivity index (χ1n) is 9.34. The Labute approximate surface area is 197 Å². The summed E-state index contributed by atoms with van der Waals surface area (Å²) in [6.45, 7) is -0.402. The molecule has 8 heteroatoms. The Hall–Kier alpha value is -2.70. The number of aliphatic hydroxyl groups is 1. The van der Waals surface area contributed by atoms with Gasteiger partial charge in [-0.05, 0) is 54.1 Å². The van der Waals surface area contributed by atoms with Gasteiger partial charge in [0, 0.05) is 32.8 Å². The fourth-order valence-electron chi connectivity index (χ4n) is 3.13. The van der Waals surface area contributed by atoms with Gasteiger partial charge in [0.25, 0.3) is 0 Å². The zero-order valence-electron chi connectivity index (χ0n) is 16.3. The highest BCUT2D eigenvalue weighted by molar-refractivity contribution is 6.36. The van der Waals surface area contributed by atoms with E-state index in [1.807, 2.05) is 12.1 Å². The molecule has 0 aliphatic heterocycles. The first-order valence-corrected chi connectivity index (χ1v) is 10.5. The van der Waals surface area contributed by atoms with E-state index in [4.69, 9.17) is 39.5 Å². The van der Waals surface area contributed by atoms with Crippen molar-refractivity contribution in [1.82, 2.24) is 4.98 Å². The summed E-state index contributed by atoms with van der Waals surface area (Å²) in [5, 5.41) is 11.3. The molecule has 1 N–H and O–H groups in total. The smallest absolute Gasteiger partial charge is 0.225 e. The van der Waals surface area contributed by atoms with Crippen LogP contribution in [0.3, 0.4) is 0 Å². The van der Waals surface area contributed by atoms with Crippen molar-refractivity contribution < 1.29 is 18.6 Å². The van der Waals surface area contributed by atoms with E-state index in [2.05, 4.69) is 4.98 Å². The lowest BCUT2D eigenvalue weighted by Gasteiger charge is -2.16. The van der Waals surface area contributed by atoms with Crippen molar-refractivity contribution in [3.8, 4) is 34.0 Å². The van der Waals surface area contributed by atoms with E-state index in [0.717, 1.165) is 17.7 Å². The van der Waals surface area contributed by atoms with Crippen LogP contribution in [0.4, 0.5) is 8.78 Å². The Bertz CT molecular complexity index is 1300. The van der Waals surface area contributed by atoms with Crippen molar-refractivity contribution >= 4 is 34.8 Å². The molecule has 0 fully saturated rings. The number of ether oxygens (including phenoxy) is 1. The zero-order chi connectivity index (χ0) is 22.8. The van der Waals surface area contributed by atoms with Crippen molar-refractivity contribution in [3.05, 3.63) is 99.0 Å². The fraction of sp³-hybridized carbons (Fsp3) is 0.0417. The number of pyridine rings is 1. The van der Waals surface area contributed by atoms with Gasteiger partial charge in [0.1, 0.15) is 5.75 Å². The second kappa shape index (κ2) is 9.43. The average Bonchev–Trinajstić information content (AvgIpc) is 2.77. The van der Waals surface area contributed by atoms with Crippen LogP contribution in [0, 0.1) is 11.6 Å². The van der Waals surface area contributed by atoms with Gasteiger partial charge < -0.3 is 9.84 Å². The number of hydrogen-bond donors (Lipinski definition) is 1. The van der Waals surface area contributed by atoms with E-state index in [-0.39, 0.29) is 11.6 Å². The number of hydrogen-bond acceptors (Lipinski definition) is 3. The monoisotopic (exact) mass is 491 g/mol. The van der Waals surface area contributed by atoms with Crippen LogP contribution in [0.15, 0.2) is 66.7 Å². The maximum Gasteiger partial charge on any atom is 0.225 e. The molecule has 0 aliphatic rings. The molecule has 0 saturated carbocycles. The van der Waals surface area contributed by atoms with E-state index in [1.54, 1.807) is 36.4 Å². The molecule has 32 heavy (non-hydrogen) atoms. The lowest BCUT2D eigenvalue weighted by molar-refractivity contribution is 0.275. The summed E-state index contributed by atoms with van der Waals surface area (Å²) in [6.07, 6.45) is 0. The molecular formula is C24H14Cl3F2NO2. The molecule has 3 aromatic carbocycles. The Morgan fingerprint density at radius 1 is 0.781 bits per heavy atom. The highest BCUT2D eigenvalue weighted by atomic mass is 35.5. The highest BCUT2D eigenvalue weighted by Gasteiger charge is 2.19. The number of aromatic nitrogens is 1. The normalized spacial score (nSPS) is 10.9. The van der Waals surface area contributed by atoms with E-state index in [9.17, 15) is 13.9 Å². The zero-order valence-corrected chi connectivity index (χ0v) is 18.5. The molecule has 0 amide bonds. The van der Waals surface area contributed by atoms with E-state index in [0.29, 0.717) is 37.5 Å². The third-order valence-electron chi connectivity index (χ3n) is 4.68. The molecule has 0 atom stereocenters. The Kier molecular flexibility index (Phi) is 6.63. The van der Waals surface area contributed by atoms with Gasteiger partial charge >= 0.3 is 0 Å². The molecule has 0 bridgehead atoms. The highest BCUT2D eigenvalue weighted by Crippen LogP contribution is 2.40. The van der Waals surface area contributed by atoms with Gasteiger partial charge in [0.05, 0.1) is 17.3 Å². The molecule has 4 aromatic rings. The average molecular weight is 493 g/mol. The molecule has 0 unspecified atom stereocenters. The van der Waals surface area contributed by atoms with Gasteiger partial charge in [-0.1, -0.05) is 46.9 Å². The van der Waals surface area contributed by atoms with Gasteiger partial charge in [-0.15, -0.1) is 0 Å². The van der Waals surface area contributed by atoms with Crippen molar-refractivity contribution in [3.63, 3.8) is 0 Å². The minimum Gasteiger partial charge on any atom is -0.439 e. The summed E-state index contributed by atoms with van der Waals surface area (Å²) in [5.41, 5.74) is 2.79. The molecule has 1 heterocycles. The molecule has 3 nitrogen and oxygen atoms in total. The third kappa shape index (κ3) is 4.71. The second-order valence-electron chi connectivity index (χ2n) is 6.82. The quantitative estimate of drug-likeness (QED) is 0.307. The van der Waals surface area contributed by atoms with Crippen LogP contribution in [0.25, 0.3) is 22.4 Å². The lowest BCUT2D eigenvalue weighted by atomic mass is 9.97. The van der Waals surface area contributed by atoms with Gasteiger partial charge in [0.2, 0.25) is 5.88 Å². The molecule has 0 spiro atoms. The van der Waals surface area contributed by atoms with Gasteiger partial charge in [0.15, 0.2) is 11.6 Å². The minimum atomic E-state index is -1.06. The molecule has 1 aromatic heterocycles. The number of benzene rings is 3. The summed E-state index contributed by atoms with van der Waals surface area (Å²) >= 11 is 18.5. The third-order valence-corrected chi connectivity index (χ3v) is 5.48. The maximum absolute atomic E-state index is 13.7. The molecular weight excluding hydrogens is 479 g/mol. The molecule has 0 aliphatic carbocycles. The summed E-state index contributed by atoms with van der Waals surface area (Å²) in [5.74, 6) is -2.01. The maximum atomic E-state index is 13.7. The van der Waals surface area contributed by atoms with Crippen LogP contribution < -0.4 is 4.74 Å². The summed E-state index contributed by atoms with van der Waals surface area (Å²) in [7, 11) is 0. The number of aliphatic hydroxyl groups excluding tert-OH is 1. The SMILES string of the molecule is OCc1cc(-c2ccc(Cl)cc2)c(-c2ccc(Cl)cc2Cl)nc1Oc1ccc(F)c(F)c1. The number of rotatable bonds is 5. The Morgan fingerprint density at radius 3 is 2.16 bits per heavy atom. The minimum absolute atomic E-state index is 0.0252. The van der Waals surface area contributed by atoms with Crippen LogP contribution >= 0.6 is 34.8 Å². The second-order valence-corrected chi connectivity index (χ2v) is 8.10. The molecule has 162 valence electrons. The van der Waals surface area contributed by atoms with Crippen molar-refractivity contribution in [2.45, 2.75) is 6.61 Å². The van der Waals surface area contributed by atoms with Crippen LogP contribution in [-0.4, -0.2) is 10.1 Å². The summed E-state index contributed by atoms with van der Waals surface area (Å²) < 4.78 is 32.6. The Morgan fingerprint density at radius 2 is 1.50 bits per heavy atom. The van der Waals surface area contributed by atoms with E-state index >= 15 is 0 Å². The van der Waals surface area contributed by atoms with Crippen LogP contribution in [0.2, 0.25) is 15.1 Å². The fourth-order valence-corrected chi connectivity index (χ4v) is 3.75. The van der Waals surface area contributed by atoms with Gasteiger partial charge in [-0.3, -0.25) is 0 Å². The molecule has 0 radical (unpaired) electrons. The number of halogens is 5. The summed E-state index contributed by atoms with van der Waals surface area (Å²) in [6, 6.07) is 16.9. The largest absolute Gasteiger partial charge is 0.439 e. The van der Waals surface area contributed by atoms with Crippen molar-refractivity contribution in [1.29, 1.82) is 0 Å². The van der Waals surface area contributed by atoms with Crippen molar-refractivity contribution in [2.24, 2.45) is 0 Å². The molecule has 4 rings (SSSR count). The predicted octanol–water partition coefficient (Wildman–Crippen LogP) is 7.94. The van der Waals surface area contributed by atoms with Gasteiger partial charge in [-0.2, -0.15) is 0 Å². The first kappa shape index (κ1) is 22.5. The predicted molar refractivity (Wildman–Crippen MR) is 122 cm³/mol. The van der Waals surface area contributed by atoms with E-state index < -0.39 is 18.2 Å². The number of nitrogens with zero attached hydrogens (tertiary/aromatic N) is 1.